The van der Waals surface area contributed by atoms with Crippen LogP contribution in [0.15, 0.2) is 27.8 Å². The smallest absolute Gasteiger partial charge is 0.277 e. The van der Waals surface area contributed by atoms with Crippen molar-refractivity contribution in [2.45, 2.75) is 65.7 Å². The number of fused-ring (bicyclic) bond motifs is 1. The number of nitriles is 1. The van der Waals surface area contributed by atoms with Crippen molar-refractivity contribution in [2.75, 3.05) is 11.1 Å². The lowest BCUT2D eigenvalue weighted by Gasteiger charge is -2.33. The molecule has 0 bridgehead atoms. The molecule has 1 atom stereocenters. The van der Waals surface area contributed by atoms with Gasteiger partial charge in [-0.2, -0.15) is 5.26 Å². The summed E-state index contributed by atoms with van der Waals surface area (Å²) in [5.41, 5.74) is 4.29. The number of aromatic nitrogens is 2. The van der Waals surface area contributed by atoms with Gasteiger partial charge in [0.2, 0.25) is 5.91 Å². The number of thioether (sulfide) groups is 1. The van der Waals surface area contributed by atoms with Gasteiger partial charge in [0.25, 0.3) is 11.1 Å². The van der Waals surface area contributed by atoms with E-state index in [-0.39, 0.29) is 23.7 Å². The number of thiophene rings is 1. The van der Waals surface area contributed by atoms with Crippen LogP contribution < -0.4 is 10.1 Å². The standard InChI is InChI=1S/C26H30N4O3S2/c1-15-6-8-18(10-16(15)2)32-13-23-29-30-25(33-23)34-14-22(31)28-24-20(12-27)19-9-7-17(26(3,4)5)11-21(19)35-24/h6,8,10,17H,7,9,11,13-14H2,1-5H3,(H,28,31)/t17-/m1/s1. The number of aryl methyl sites for hydroxylation is 2. The van der Waals surface area contributed by atoms with Gasteiger partial charge >= 0.3 is 0 Å². The molecule has 0 aliphatic heterocycles. The molecule has 9 heteroatoms. The predicted octanol–water partition coefficient (Wildman–Crippen LogP) is 6.08. The van der Waals surface area contributed by atoms with Crippen molar-refractivity contribution in [3.63, 3.8) is 0 Å². The summed E-state index contributed by atoms with van der Waals surface area (Å²) in [6.45, 7) is 11.0. The molecule has 1 amide bonds. The summed E-state index contributed by atoms with van der Waals surface area (Å²) in [4.78, 5) is 13.8. The molecule has 1 aliphatic rings. The first kappa shape index (κ1) is 25.3. The quantitative estimate of drug-likeness (QED) is 0.384. The minimum Gasteiger partial charge on any atom is -0.484 e. The van der Waals surface area contributed by atoms with Crippen molar-refractivity contribution in [3.8, 4) is 11.8 Å². The Kier molecular flexibility index (Phi) is 7.53. The first-order valence-corrected chi connectivity index (χ1v) is 13.4. The molecule has 3 aromatic rings. The molecule has 1 N–H and O–H groups in total. The molecule has 4 rings (SSSR count). The number of benzene rings is 1. The van der Waals surface area contributed by atoms with Gasteiger partial charge in [-0.3, -0.25) is 4.79 Å². The number of nitrogens with zero attached hydrogens (tertiary/aromatic N) is 3. The monoisotopic (exact) mass is 510 g/mol. The van der Waals surface area contributed by atoms with Gasteiger partial charge in [-0.1, -0.05) is 38.6 Å². The summed E-state index contributed by atoms with van der Waals surface area (Å²) in [6, 6.07) is 8.18. The molecule has 2 heterocycles. The van der Waals surface area contributed by atoms with Crippen LogP contribution in [0.4, 0.5) is 5.00 Å². The van der Waals surface area contributed by atoms with Gasteiger partial charge in [0.1, 0.15) is 16.8 Å². The lowest BCUT2D eigenvalue weighted by atomic mass is 9.72. The second kappa shape index (κ2) is 10.4. The number of carbonyl (C=O) groups is 1. The number of ether oxygens (including phenoxy) is 1. The summed E-state index contributed by atoms with van der Waals surface area (Å²) >= 11 is 2.70. The number of hydrogen-bond donors (Lipinski definition) is 1. The van der Waals surface area contributed by atoms with Crippen LogP contribution in [0.25, 0.3) is 0 Å². The fraction of sp³-hybridized carbons (Fsp3) is 0.462. The minimum atomic E-state index is -0.205. The molecule has 0 spiro atoms. The summed E-state index contributed by atoms with van der Waals surface area (Å²) in [5.74, 6) is 1.56. The molecule has 0 fully saturated rings. The molecule has 1 aliphatic carbocycles. The lowest BCUT2D eigenvalue weighted by molar-refractivity contribution is -0.113. The van der Waals surface area contributed by atoms with Crippen LogP contribution in [0.3, 0.4) is 0 Å². The molecular weight excluding hydrogens is 480 g/mol. The highest BCUT2D eigenvalue weighted by atomic mass is 32.2. The fourth-order valence-electron chi connectivity index (χ4n) is 4.13. The molecule has 0 unspecified atom stereocenters. The Morgan fingerprint density at radius 1 is 1.31 bits per heavy atom. The summed E-state index contributed by atoms with van der Waals surface area (Å²) in [7, 11) is 0. The highest BCUT2D eigenvalue weighted by Gasteiger charge is 2.32. The highest BCUT2D eigenvalue weighted by molar-refractivity contribution is 7.99. The summed E-state index contributed by atoms with van der Waals surface area (Å²) in [5, 5.41) is 21.6. The Hall–Kier alpha value is -2.83. The zero-order chi connectivity index (χ0) is 25.2. The average molecular weight is 511 g/mol. The zero-order valence-corrected chi connectivity index (χ0v) is 22.4. The molecule has 1 aromatic carbocycles. The predicted molar refractivity (Wildman–Crippen MR) is 138 cm³/mol. The number of amides is 1. The van der Waals surface area contributed by atoms with Gasteiger partial charge in [0, 0.05) is 4.88 Å². The van der Waals surface area contributed by atoms with E-state index < -0.39 is 0 Å². The Bertz CT molecular complexity index is 1270. The lowest BCUT2D eigenvalue weighted by Crippen LogP contribution is -2.26. The number of anilines is 1. The average Bonchev–Trinajstić information content (AvgIpc) is 3.41. The van der Waals surface area contributed by atoms with Crippen LogP contribution in [0.1, 0.15) is 60.2 Å². The molecule has 35 heavy (non-hydrogen) atoms. The number of nitrogens with one attached hydrogen (secondary N) is 1. The Morgan fingerprint density at radius 3 is 2.83 bits per heavy atom. The van der Waals surface area contributed by atoms with E-state index >= 15 is 0 Å². The number of carbonyl (C=O) groups excluding carboxylic acids is 1. The van der Waals surface area contributed by atoms with Gasteiger partial charge in [-0.25, -0.2) is 0 Å². The first-order valence-electron chi connectivity index (χ1n) is 11.6. The third-order valence-corrected chi connectivity index (χ3v) is 8.46. The van der Waals surface area contributed by atoms with Crippen molar-refractivity contribution in [2.24, 2.45) is 11.3 Å². The second-order valence-corrected chi connectivity index (χ2v) is 12.0. The largest absolute Gasteiger partial charge is 0.484 e. The molecule has 0 radical (unpaired) electrons. The number of hydrogen-bond acceptors (Lipinski definition) is 8. The Labute approximate surface area is 214 Å². The first-order chi connectivity index (χ1) is 16.6. The van der Waals surface area contributed by atoms with Crippen LogP contribution >= 0.6 is 23.1 Å². The second-order valence-electron chi connectivity index (χ2n) is 9.96. The Morgan fingerprint density at radius 2 is 2.11 bits per heavy atom. The van der Waals surface area contributed by atoms with E-state index in [0.29, 0.717) is 27.6 Å². The molecule has 0 saturated heterocycles. The van der Waals surface area contributed by atoms with Crippen LogP contribution in [0, 0.1) is 36.5 Å². The highest BCUT2D eigenvalue weighted by Crippen LogP contribution is 2.44. The van der Waals surface area contributed by atoms with E-state index in [2.05, 4.69) is 42.4 Å². The van der Waals surface area contributed by atoms with Crippen LogP contribution in [0.5, 0.6) is 5.75 Å². The van der Waals surface area contributed by atoms with Gasteiger partial charge in [-0.05, 0) is 73.3 Å². The topological polar surface area (TPSA) is 101 Å². The summed E-state index contributed by atoms with van der Waals surface area (Å²) in [6.07, 6.45) is 2.91. The Balaban J connectivity index is 1.31. The van der Waals surface area contributed by atoms with Gasteiger partial charge in [-0.15, -0.1) is 21.5 Å². The van der Waals surface area contributed by atoms with E-state index in [4.69, 9.17) is 9.15 Å². The fourth-order valence-corrected chi connectivity index (χ4v) is 6.00. The van der Waals surface area contributed by atoms with Crippen molar-refractivity contribution in [1.29, 1.82) is 5.26 Å². The van der Waals surface area contributed by atoms with E-state index in [1.807, 2.05) is 32.0 Å². The SMILES string of the molecule is Cc1ccc(OCc2nnc(SCC(=O)Nc3sc4c(c3C#N)CC[C@@H](C(C)(C)C)C4)o2)cc1C. The molecular formula is C26H30N4O3S2. The maximum absolute atomic E-state index is 12.6. The van der Waals surface area contributed by atoms with Crippen molar-refractivity contribution in [3.05, 3.63) is 51.2 Å². The van der Waals surface area contributed by atoms with Gasteiger partial charge < -0.3 is 14.5 Å². The molecule has 7 nitrogen and oxygen atoms in total. The third-order valence-electron chi connectivity index (χ3n) is 6.47. The zero-order valence-electron chi connectivity index (χ0n) is 20.7. The van der Waals surface area contributed by atoms with Crippen LogP contribution in [-0.2, 0) is 24.2 Å². The van der Waals surface area contributed by atoms with Crippen molar-refractivity contribution in [1.82, 2.24) is 10.2 Å². The normalized spacial score (nSPS) is 15.4. The van der Waals surface area contributed by atoms with Crippen LogP contribution in [-0.4, -0.2) is 21.9 Å². The maximum atomic E-state index is 12.6. The number of rotatable bonds is 7. The molecule has 2 aromatic heterocycles. The van der Waals surface area contributed by atoms with Gasteiger partial charge in [0.15, 0.2) is 6.61 Å². The minimum absolute atomic E-state index is 0.109. The molecule has 184 valence electrons. The van der Waals surface area contributed by atoms with Gasteiger partial charge in [0.05, 0.1) is 11.3 Å². The van der Waals surface area contributed by atoms with Crippen LogP contribution in [0.2, 0.25) is 0 Å². The van der Waals surface area contributed by atoms with E-state index in [0.717, 1.165) is 47.9 Å². The molecule has 0 saturated carbocycles. The van der Waals surface area contributed by atoms with Crippen molar-refractivity contribution >= 4 is 34.0 Å². The van der Waals surface area contributed by atoms with E-state index in [1.54, 1.807) is 0 Å². The van der Waals surface area contributed by atoms with E-state index in [1.165, 1.54) is 21.8 Å². The van der Waals surface area contributed by atoms with Crippen molar-refractivity contribution < 1.29 is 13.9 Å². The maximum Gasteiger partial charge on any atom is 0.277 e. The third kappa shape index (κ3) is 6.06. The van der Waals surface area contributed by atoms with E-state index in [9.17, 15) is 10.1 Å². The summed E-state index contributed by atoms with van der Waals surface area (Å²) < 4.78 is 11.3.